The Hall–Kier alpha value is -0.900. The molecule has 0 amide bonds. The molecule has 0 radical (unpaired) electrons. The minimum Gasteiger partial charge on any atom is -0.315 e. The minimum atomic E-state index is 0.563. The van der Waals surface area contributed by atoms with Gasteiger partial charge in [0.15, 0.2) is 0 Å². The zero-order valence-corrected chi connectivity index (χ0v) is 9.61. The van der Waals surface area contributed by atoms with Crippen molar-refractivity contribution in [3.8, 4) is 0 Å². The summed E-state index contributed by atoms with van der Waals surface area (Å²) < 4.78 is 2.28. The van der Waals surface area contributed by atoms with Crippen LogP contribution < -0.4 is 5.32 Å². The molecule has 2 heterocycles. The topological polar surface area (TPSA) is 42.7 Å². The molecule has 1 atom stereocenters. The van der Waals surface area contributed by atoms with Crippen molar-refractivity contribution in [1.29, 1.82) is 0 Å². The molecule has 4 heteroatoms. The Balaban J connectivity index is 2.20. The Morgan fingerprint density at radius 2 is 2.33 bits per heavy atom. The van der Waals surface area contributed by atoms with Crippen molar-refractivity contribution in [2.45, 2.75) is 45.1 Å². The summed E-state index contributed by atoms with van der Waals surface area (Å²) in [7, 11) is 0. The van der Waals surface area contributed by atoms with E-state index in [1.807, 2.05) is 6.33 Å². The Labute approximate surface area is 91.1 Å². The van der Waals surface area contributed by atoms with E-state index >= 15 is 0 Å². The number of nitrogens with zero attached hydrogens (tertiary/aromatic N) is 3. The van der Waals surface area contributed by atoms with E-state index in [2.05, 4.69) is 33.9 Å². The van der Waals surface area contributed by atoms with Crippen LogP contribution in [0.1, 0.15) is 50.9 Å². The fourth-order valence-electron chi connectivity index (χ4n) is 2.36. The molecule has 1 aliphatic rings. The second-order valence-electron chi connectivity index (χ2n) is 4.26. The van der Waals surface area contributed by atoms with Crippen LogP contribution in [0.3, 0.4) is 0 Å². The summed E-state index contributed by atoms with van der Waals surface area (Å²) in [5.74, 6) is 1.74. The Kier molecular flexibility index (Phi) is 3.36. The lowest BCUT2D eigenvalue weighted by Gasteiger charge is -2.17. The van der Waals surface area contributed by atoms with Crippen LogP contribution in [0.4, 0.5) is 0 Å². The predicted octanol–water partition coefficient (Wildman–Crippen LogP) is 1.72. The van der Waals surface area contributed by atoms with Gasteiger partial charge in [-0.25, -0.2) is 0 Å². The van der Waals surface area contributed by atoms with Crippen LogP contribution in [-0.2, 0) is 0 Å². The van der Waals surface area contributed by atoms with Gasteiger partial charge in [-0.2, -0.15) is 0 Å². The lowest BCUT2D eigenvalue weighted by atomic mass is 10.0. The summed E-state index contributed by atoms with van der Waals surface area (Å²) in [6, 6.07) is 0.565. The SMILES string of the molecule is CCC(CC)c1nncn1C1CCNC1. The maximum Gasteiger partial charge on any atom is 0.136 e. The summed E-state index contributed by atoms with van der Waals surface area (Å²) in [6.07, 6.45) is 5.39. The molecule has 0 bridgehead atoms. The third-order valence-electron chi connectivity index (χ3n) is 3.38. The van der Waals surface area contributed by atoms with E-state index in [0.717, 1.165) is 25.9 Å². The lowest BCUT2D eigenvalue weighted by Crippen LogP contribution is -2.16. The summed E-state index contributed by atoms with van der Waals surface area (Å²) >= 11 is 0. The van der Waals surface area contributed by atoms with Crippen molar-refractivity contribution in [3.05, 3.63) is 12.2 Å². The van der Waals surface area contributed by atoms with Gasteiger partial charge in [0.25, 0.3) is 0 Å². The van der Waals surface area contributed by atoms with Crippen LogP contribution in [-0.4, -0.2) is 27.9 Å². The van der Waals surface area contributed by atoms with E-state index in [1.165, 1.54) is 12.2 Å². The van der Waals surface area contributed by atoms with E-state index < -0.39 is 0 Å². The first kappa shape index (κ1) is 10.6. The first-order valence-electron chi connectivity index (χ1n) is 5.96. The molecule has 2 rings (SSSR count). The van der Waals surface area contributed by atoms with Crippen LogP contribution in [0.25, 0.3) is 0 Å². The van der Waals surface area contributed by atoms with E-state index in [-0.39, 0.29) is 0 Å². The molecule has 0 aromatic carbocycles. The highest BCUT2D eigenvalue weighted by Gasteiger charge is 2.22. The highest BCUT2D eigenvalue weighted by molar-refractivity contribution is 4.99. The highest BCUT2D eigenvalue weighted by Crippen LogP contribution is 2.25. The fraction of sp³-hybridized carbons (Fsp3) is 0.818. The van der Waals surface area contributed by atoms with Crippen LogP contribution in [0.2, 0.25) is 0 Å². The van der Waals surface area contributed by atoms with E-state index in [0.29, 0.717) is 12.0 Å². The molecular weight excluding hydrogens is 188 g/mol. The fourth-order valence-corrected chi connectivity index (χ4v) is 2.36. The van der Waals surface area contributed by atoms with Gasteiger partial charge in [0, 0.05) is 18.5 Å². The molecule has 1 aliphatic heterocycles. The number of hydrogen-bond acceptors (Lipinski definition) is 3. The Morgan fingerprint density at radius 1 is 1.53 bits per heavy atom. The Morgan fingerprint density at radius 3 is 2.93 bits per heavy atom. The van der Waals surface area contributed by atoms with Gasteiger partial charge < -0.3 is 9.88 Å². The number of rotatable bonds is 4. The van der Waals surface area contributed by atoms with Crippen molar-refractivity contribution in [2.75, 3.05) is 13.1 Å². The van der Waals surface area contributed by atoms with Crippen molar-refractivity contribution < 1.29 is 0 Å². The average Bonchev–Trinajstić information content (AvgIpc) is 2.88. The third kappa shape index (κ3) is 2.04. The van der Waals surface area contributed by atoms with Gasteiger partial charge in [-0.05, 0) is 25.8 Å². The molecule has 1 N–H and O–H groups in total. The second kappa shape index (κ2) is 4.75. The number of hydrogen-bond donors (Lipinski definition) is 1. The maximum absolute atomic E-state index is 4.29. The second-order valence-corrected chi connectivity index (χ2v) is 4.26. The van der Waals surface area contributed by atoms with E-state index in [1.54, 1.807) is 0 Å². The van der Waals surface area contributed by atoms with Gasteiger partial charge in [-0.15, -0.1) is 10.2 Å². The van der Waals surface area contributed by atoms with Crippen LogP contribution in [0, 0.1) is 0 Å². The summed E-state index contributed by atoms with van der Waals surface area (Å²) in [4.78, 5) is 0. The van der Waals surface area contributed by atoms with Gasteiger partial charge in [0.2, 0.25) is 0 Å². The molecule has 1 saturated heterocycles. The van der Waals surface area contributed by atoms with Crippen LogP contribution in [0.5, 0.6) is 0 Å². The monoisotopic (exact) mass is 208 g/mol. The molecule has 1 aromatic heterocycles. The summed E-state index contributed by atoms with van der Waals surface area (Å²) in [5.41, 5.74) is 0. The molecular formula is C11H20N4. The molecule has 0 aliphatic carbocycles. The van der Waals surface area contributed by atoms with Gasteiger partial charge in [0.05, 0.1) is 0 Å². The maximum atomic E-state index is 4.29. The quantitative estimate of drug-likeness (QED) is 0.819. The molecule has 1 unspecified atom stereocenters. The number of aromatic nitrogens is 3. The molecule has 4 nitrogen and oxygen atoms in total. The standard InChI is InChI=1S/C11H20N4/c1-3-9(4-2)11-14-13-8-15(11)10-5-6-12-7-10/h8-10,12H,3-7H2,1-2H3. The molecule has 1 fully saturated rings. The van der Waals surface area contributed by atoms with E-state index in [4.69, 9.17) is 0 Å². The molecule has 0 saturated carbocycles. The lowest BCUT2D eigenvalue weighted by molar-refractivity contribution is 0.481. The first-order chi connectivity index (χ1) is 7.36. The molecule has 1 aromatic rings. The zero-order chi connectivity index (χ0) is 10.7. The Bertz CT molecular complexity index is 281. The molecule has 84 valence electrons. The summed E-state index contributed by atoms with van der Waals surface area (Å²) in [6.45, 7) is 6.62. The van der Waals surface area contributed by atoms with Crippen LogP contribution >= 0.6 is 0 Å². The normalized spacial score (nSPS) is 21.4. The highest BCUT2D eigenvalue weighted by atomic mass is 15.3. The van der Waals surface area contributed by atoms with Crippen molar-refractivity contribution in [1.82, 2.24) is 20.1 Å². The number of nitrogens with one attached hydrogen (secondary N) is 1. The molecule has 0 spiro atoms. The smallest absolute Gasteiger partial charge is 0.136 e. The van der Waals surface area contributed by atoms with Gasteiger partial charge >= 0.3 is 0 Å². The predicted molar refractivity (Wildman–Crippen MR) is 59.9 cm³/mol. The van der Waals surface area contributed by atoms with Crippen molar-refractivity contribution in [3.63, 3.8) is 0 Å². The van der Waals surface area contributed by atoms with Gasteiger partial charge in [-0.1, -0.05) is 13.8 Å². The van der Waals surface area contributed by atoms with Crippen molar-refractivity contribution >= 4 is 0 Å². The zero-order valence-electron chi connectivity index (χ0n) is 9.61. The first-order valence-corrected chi connectivity index (χ1v) is 5.96. The van der Waals surface area contributed by atoms with Crippen molar-refractivity contribution in [2.24, 2.45) is 0 Å². The molecule has 15 heavy (non-hydrogen) atoms. The van der Waals surface area contributed by atoms with Crippen LogP contribution in [0.15, 0.2) is 6.33 Å². The third-order valence-corrected chi connectivity index (χ3v) is 3.38. The van der Waals surface area contributed by atoms with E-state index in [9.17, 15) is 0 Å². The summed E-state index contributed by atoms with van der Waals surface area (Å²) in [5, 5.41) is 11.7. The minimum absolute atomic E-state index is 0.563. The van der Waals surface area contributed by atoms with Gasteiger partial charge in [-0.3, -0.25) is 0 Å². The largest absolute Gasteiger partial charge is 0.315 e. The average molecular weight is 208 g/mol. The van der Waals surface area contributed by atoms with Gasteiger partial charge in [0.1, 0.15) is 12.2 Å².